The van der Waals surface area contributed by atoms with Crippen LogP contribution in [-0.2, 0) is 14.8 Å². The number of rotatable bonds is 5. The molecule has 1 saturated heterocycles. The summed E-state index contributed by atoms with van der Waals surface area (Å²) in [6.07, 6.45) is 1.13. The van der Waals surface area contributed by atoms with Crippen LogP contribution in [0.1, 0.15) is 0 Å². The zero-order valence-electron chi connectivity index (χ0n) is 14.9. The number of nitrogens with one attached hydrogen (secondary N) is 1. The van der Waals surface area contributed by atoms with Gasteiger partial charge in [-0.3, -0.25) is 4.79 Å². The van der Waals surface area contributed by atoms with E-state index >= 15 is 0 Å². The fourth-order valence-corrected chi connectivity index (χ4v) is 4.54. The van der Waals surface area contributed by atoms with Crippen LogP contribution in [0.25, 0.3) is 0 Å². The van der Waals surface area contributed by atoms with E-state index < -0.39 is 15.8 Å². The molecule has 0 bridgehead atoms. The van der Waals surface area contributed by atoms with Crippen molar-refractivity contribution in [3.05, 3.63) is 66.0 Å². The highest BCUT2D eigenvalue weighted by Crippen LogP contribution is 2.26. The van der Waals surface area contributed by atoms with Crippen LogP contribution in [0.4, 0.5) is 15.8 Å². The van der Waals surface area contributed by atoms with Gasteiger partial charge >= 0.3 is 0 Å². The Kier molecular flexibility index (Phi) is 6.02. The molecule has 0 saturated carbocycles. The van der Waals surface area contributed by atoms with Gasteiger partial charge in [-0.2, -0.15) is 4.31 Å². The number of piperazine rings is 1. The van der Waals surface area contributed by atoms with Gasteiger partial charge in [0.25, 0.3) is 0 Å². The van der Waals surface area contributed by atoms with Crippen molar-refractivity contribution >= 4 is 38.9 Å². The Balaban J connectivity index is 1.69. The highest BCUT2D eigenvalue weighted by molar-refractivity contribution is 7.89. The topological polar surface area (TPSA) is 69.7 Å². The van der Waals surface area contributed by atoms with Gasteiger partial charge in [-0.25, -0.2) is 12.8 Å². The van der Waals surface area contributed by atoms with Gasteiger partial charge < -0.3 is 10.2 Å². The Labute approximate surface area is 168 Å². The minimum absolute atomic E-state index is 0.134. The molecule has 1 N–H and O–H groups in total. The third-order valence-corrected chi connectivity index (χ3v) is 6.58. The molecule has 148 valence electrons. The second-order valence-corrected chi connectivity index (χ2v) is 8.58. The van der Waals surface area contributed by atoms with Gasteiger partial charge in [0.15, 0.2) is 0 Å². The highest BCUT2D eigenvalue weighted by Gasteiger charge is 2.29. The highest BCUT2D eigenvalue weighted by atomic mass is 35.5. The fraction of sp³-hybridized carbons (Fsp3) is 0.211. The number of carbonyl (C=O) groups excluding carboxylic acids is 1. The molecule has 0 unspecified atom stereocenters. The average molecular weight is 424 g/mol. The lowest BCUT2D eigenvalue weighted by atomic mass is 10.2. The summed E-state index contributed by atoms with van der Waals surface area (Å²) in [6.45, 7) is 4.57. The second kappa shape index (κ2) is 8.30. The van der Waals surface area contributed by atoms with Crippen LogP contribution in [-0.4, -0.2) is 44.8 Å². The smallest absolute Gasteiger partial charge is 0.247 e. The number of amides is 1. The van der Waals surface area contributed by atoms with Crippen molar-refractivity contribution in [3.8, 4) is 0 Å². The molecule has 6 nitrogen and oxygen atoms in total. The largest absolute Gasteiger partial charge is 0.367 e. The number of hydrogen-bond acceptors (Lipinski definition) is 4. The quantitative estimate of drug-likeness (QED) is 0.750. The number of benzene rings is 2. The van der Waals surface area contributed by atoms with E-state index in [0.29, 0.717) is 29.5 Å². The van der Waals surface area contributed by atoms with E-state index in [9.17, 15) is 17.6 Å². The molecule has 1 aliphatic heterocycles. The van der Waals surface area contributed by atoms with E-state index in [4.69, 9.17) is 11.6 Å². The first kappa shape index (κ1) is 20.3. The van der Waals surface area contributed by atoms with Gasteiger partial charge in [0, 0.05) is 36.9 Å². The summed E-state index contributed by atoms with van der Waals surface area (Å²) in [7, 11) is -3.68. The summed E-state index contributed by atoms with van der Waals surface area (Å²) in [6, 6.07) is 10.4. The molecule has 9 heteroatoms. The van der Waals surface area contributed by atoms with Crippen molar-refractivity contribution in [2.24, 2.45) is 0 Å². The number of hydrogen-bond donors (Lipinski definition) is 1. The van der Waals surface area contributed by atoms with E-state index in [1.165, 1.54) is 34.6 Å². The normalized spacial score (nSPS) is 15.3. The zero-order valence-corrected chi connectivity index (χ0v) is 16.5. The maximum Gasteiger partial charge on any atom is 0.247 e. The minimum Gasteiger partial charge on any atom is -0.367 e. The molecule has 0 radical (unpaired) electrons. The van der Waals surface area contributed by atoms with Crippen LogP contribution < -0.4 is 10.2 Å². The standard InChI is InChI=1S/C19H19ClFN3O3S/c1-2-19(25)22-15-4-6-16(7-5-15)28(26,27)24-11-9-23(10-12-24)18-8-3-14(20)13-17(18)21/h2-8,13H,1,9-12H2,(H,22,25). The van der Waals surface area contributed by atoms with Crippen LogP contribution >= 0.6 is 11.6 Å². The van der Waals surface area contributed by atoms with Gasteiger partial charge in [0.05, 0.1) is 10.6 Å². The van der Waals surface area contributed by atoms with Crippen molar-refractivity contribution in [2.45, 2.75) is 4.90 Å². The molecule has 1 fully saturated rings. The van der Waals surface area contributed by atoms with E-state index in [2.05, 4.69) is 11.9 Å². The van der Waals surface area contributed by atoms with Crippen molar-refractivity contribution < 1.29 is 17.6 Å². The van der Waals surface area contributed by atoms with Gasteiger partial charge in [0.1, 0.15) is 5.82 Å². The Morgan fingerprint density at radius 1 is 1.11 bits per heavy atom. The molecule has 1 heterocycles. The predicted molar refractivity (Wildman–Crippen MR) is 108 cm³/mol. The summed E-state index contributed by atoms with van der Waals surface area (Å²) in [5.74, 6) is -0.804. The maximum absolute atomic E-state index is 14.1. The van der Waals surface area contributed by atoms with Crippen LogP contribution in [0.2, 0.25) is 5.02 Å². The first-order valence-electron chi connectivity index (χ1n) is 8.55. The van der Waals surface area contributed by atoms with Gasteiger partial charge in [-0.05, 0) is 48.5 Å². The SMILES string of the molecule is C=CC(=O)Nc1ccc(S(=O)(=O)N2CCN(c3ccc(Cl)cc3F)CC2)cc1. The van der Waals surface area contributed by atoms with Gasteiger partial charge in [-0.15, -0.1) is 0 Å². The summed E-state index contributed by atoms with van der Waals surface area (Å²) in [5.41, 5.74) is 0.885. The number of nitrogens with zero attached hydrogens (tertiary/aromatic N) is 2. The maximum atomic E-state index is 14.1. The van der Waals surface area contributed by atoms with Crippen molar-refractivity contribution in [1.82, 2.24) is 4.31 Å². The molecule has 0 atom stereocenters. The van der Waals surface area contributed by atoms with E-state index in [1.54, 1.807) is 17.0 Å². The molecule has 3 rings (SSSR count). The fourth-order valence-electron chi connectivity index (χ4n) is 2.96. The molecule has 2 aromatic carbocycles. The van der Waals surface area contributed by atoms with Crippen LogP contribution in [0.5, 0.6) is 0 Å². The molecule has 0 spiro atoms. The van der Waals surface area contributed by atoms with Crippen LogP contribution in [0, 0.1) is 5.82 Å². The van der Waals surface area contributed by atoms with E-state index in [1.807, 2.05) is 0 Å². The molecule has 0 aliphatic carbocycles. The number of carbonyl (C=O) groups is 1. The number of anilines is 2. The Hall–Kier alpha value is -2.42. The summed E-state index contributed by atoms with van der Waals surface area (Å²) in [5, 5.41) is 2.88. The van der Waals surface area contributed by atoms with Crippen molar-refractivity contribution in [1.29, 1.82) is 0 Å². The number of sulfonamides is 1. The monoisotopic (exact) mass is 423 g/mol. The average Bonchev–Trinajstić information content (AvgIpc) is 2.68. The van der Waals surface area contributed by atoms with E-state index in [0.717, 1.165) is 6.08 Å². The van der Waals surface area contributed by atoms with Crippen LogP contribution in [0.3, 0.4) is 0 Å². The Morgan fingerprint density at radius 3 is 2.32 bits per heavy atom. The lowest BCUT2D eigenvalue weighted by Gasteiger charge is -2.35. The van der Waals surface area contributed by atoms with Gasteiger partial charge in [0.2, 0.25) is 15.9 Å². The summed E-state index contributed by atoms with van der Waals surface area (Å²) in [4.78, 5) is 13.2. The van der Waals surface area contributed by atoms with Crippen molar-refractivity contribution in [2.75, 3.05) is 36.4 Å². The summed E-state index contributed by atoms with van der Waals surface area (Å²) < 4.78 is 41.1. The predicted octanol–water partition coefficient (Wildman–Crippen LogP) is 3.11. The lowest BCUT2D eigenvalue weighted by Crippen LogP contribution is -2.48. The Morgan fingerprint density at radius 2 is 1.75 bits per heavy atom. The first-order valence-corrected chi connectivity index (χ1v) is 10.4. The number of halogens is 2. The molecule has 1 amide bonds. The Bertz CT molecular complexity index is 988. The molecule has 0 aromatic heterocycles. The molecule has 2 aromatic rings. The molecule has 28 heavy (non-hydrogen) atoms. The third-order valence-electron chi connectivity index (χ3n) is 4.43. The molecule has 1 aliphatic rings. The van der Waals surface area contributed by atoms with Crippen LogP contribution in [0.15, 0.2) is 60.0 Å². The third kappa shape index (κ3) is 4.35. The second-order valence-electron chi connectivity index (χ2n) is 6.20. The van der Waals surface area contributed by atoms with E-state index in [-0.39, 0.29) is 23.9 Å². The van der Waals surface area contributed by atoms with Gasteiger partial charge in [-0.1, -0.05) is 18.2 Å². The minimum atomic E-state index is -3.68. The summed E-state index contributed by atoms with van der Waals surface area (Å²) >= 11 is 5.78. The molecular formula is C19H19ClFN3O3S. The first-order chi connectivity index (χ1) is 13.3. The molecular weight excluding hydrogens is 405 g/mol. The zero-order chi connectivity index (χ0) is 20.3. The van der Waals surface area contributed by atoms with Crippen molar-refractivity contribution in [3.63, 3.8) is 0 Å². The lowest BCUT2D eigenvalue weighted by molar-refractivity contribution is -0.111.